The van der Waals surface area contributed by atoms with E-state index in [1.165, 1.54) is 0 Å². The van der Waals surface area contributed by atoms with E-state index in [-0.39, 0.29) is 0 Å². The third kappa shape index (κ3) is 2.03. The zero-order valence-electron chi connectivity index (χ0n) is 5.66. The third-order valence-electron chi connectivity index (χ3n) is 1.02. The molecule has 0 aliphatic carbocycles. The Morgan fingerprint density at radius 1 is 1.08 bits per heavy atom. The molecule has 0 aliphatic heterocycles. The second-order valence-electron chi connectivity index (χ2n) is 1.94. The van der Waals surface area contributed by atoms with E-state index in [9.17, 15) is 22.0 Å². The Morgan fingerprint density at radius 3 is 2.00 bits per heavy atom. The van der Waals surface area contributed by atoms with Crippen molar-refractivity contribution in [3.8, 4) is 0 Å². The summed E-state index contributed by atoms with van der Waals surface area (Å²) in [6.07, 6.45) is -4.95. The summed E-state index contributed by atoms with van der Waals surface area (Å²) in [6.45, 7) is 0. The molecule has 72 valence electrons. The van der Waals surface area contributed by atoms with Crippen molar-refractivity contribution in [3.05, 3.63) is 22.7 Å². The highest BCUT2D eigenvalue weighted by Gasteiger charge is 2.36. The van der Waals surface area contributed by atoms with E-state index in [1.807, 2.05) is 0 Å². The van der Waals surface area contributed by atoms with Crippen LogP contribution in [0.5, 0.6) is 0 Å². The molecule has 0 unspecified atom stereocenters. The summed E-state index contributed by atoms with van der Waals surface area (Å²) in [7, 11) is 0. The summed E-state index contributed by atoms with van der Waals surface area (Å²) in [5.74, 6) is -5.43. The largest absolute Gasteiger partial charge is 0.451 e. The van der Waals surface area contributed by atoms with Crippen molar-refractivity contribution in [3.63, 3.8) is 0 Å². The number of halogens is 6. The monoisotopic (exact) mass is 218 g/mol. The SMILES string of the molecule is Fc1nc(C(F)(F)F)nc(Cl)c1F. The first-order valence-corrected chi connectivity index (χ1v) is 3.16. The van der Waals surface area contributed by atoms with E-state index >= 15 is 0 Å². The maximum Gasteiger partial charge on any atom is 0.451 e. The Balaban J connectivity index is 3.29. The Bertz CT molecular complexity index is 313. The topological polar surface area (TPSA) is 25.8 Å². The third-order valence-corrected chi connectivity index (χ3v) is 1.27. The van der Waals surface area contributed by atoms with Crippen LogP contribution in [0, 0.1) is 11.8 Å². The maximum atomic E-state index is 12.3. The lowest BCUT2D eigenvalue weighted by Crippen LogP contribution is -2.13. The predicted molar refractivity (Wildman–Crippen MR) is 32.0 cm³/mol. The van der Waals surface area contributed by atoms with Gasteiger partial charge in [0.2, 0.25) is 11.6 Å². The molecule has 0 saturated carbocycles. The Hall–Kier alpha value is -0.980. The van der Waals surface area contributed by atoms with E-state index < -0.39 is 28.9 Å². The molecule has 0 atom stereocenters. The highest BCUT2D eigenvalue weighted by molar-refractivity contribution is 6.29. The molecular weight excluding hydrogens is 219 g/mol. The molecule has 0 N–H and O–H groups in total. The van der Waals surface area contributed by atoms with E-state index in [2.05, 4.69) is 9.97 Å². The molecule has 1 heterocycles. The molecule has 0 radical (unpaired) electrons. The molecule has 0 bridgehead atoms. The number of aromatic nitrogens is 2. The molecule has 1 rings (SSSR count). The van der Waals surface area contributed by atoms with E-state index in [0.717, 1.165) is 0 Å². The molecule has 1 aromatic heterocycles. The van der Waals surface area contributed by atoms with Gasteiger partial charge in [0, 0.05) is 0 Å². The molecule has 13 heavy (non-hydrogen) atoms. The highest BCUT2D eigenvalue weighted by atomic mass is 35.5. The van der Waals surface area contributed by atoms with E-state index in [4.69, 9.17) is 11.6 Å². The standard InChI is InChI=1S/C5ClF5N2/c6-2-1(7)3(8)13-4(12-2)5(9,10)11. The molecule has 0 aliphatic rings. The predicted octanol–water partition coefficient (Wildman–Crippen LogP) is 2.43. The van der Waals surface area contributed by atoms with Gasteiger partial charge in [-0.1, -0.05) is 11.6 Å². The number of hydrogen-bond donors (Lipinski definition) is 0. The Kier molecular flexibility index (Phi) is 2.38. The van der Waals surface area contributed by atoms with Crippen molar-refractivity contribution in [2.45, 2.75) is 6.18 Å². The van der Waals surface area contributed by atoms with Crippen molar-refractivity contribution in [1.82, 2.24) is 9.97 Å². The van der Waals surface area contributed by atoms with Gasteiger partial charge in [-0.25, -0.2) is 4.98 Å². The fourth-order valence-electron chi connectivity index (χ4n) is 0.521. The normalized spacial score (nSPS) is 11.8. The van der Waals surface area contributed by atoms with Crippen LogP contribution in [-0.2, 0) is 6.18 Å². The molecular formula is C5ClF5N2. The Labute approximate surface area is 73.4 Å². The van der Waals surface area contributed by atoms with Crippen molar-refractivity contribution < 1.29 is 22.0 Å². The van der Waals surface area contributed by atoms with Crippen LogP contribution in [0.1, 0.15) is 5.82 Å². The number of hydrogen-bond acceptors (Lipinski definition) is 2. The highest BCUT2D eigenvalue weighted by Crippen LogP contribution is 2.27. The first-order chi connectivity index (χ1) is 5.82. The minimum atomic E-state index is -4.95. The van der Waals surface area contributed by atoms with Gasteiger partial charge in [0.15, 0.2) is 5.15 Å². The van der Waals surface area contributed by atoms with E-state index in [0.29, 0.717) is 0 Å². The second kappa shape index (κ2) is 3.06. The van der Waals surface area contributed by atoms with Gasteiger partial charge >= 0.3 is 6.18 Å². The zero-order valence-corrected chi connectivity index (χ0v) is 6.42. The summed E-state index contributed by atoms with van der Waals surface area (Å²) >= 11 is 4.86. The van der Waals surface area contributed by atoms with Gasteiger partial charge in [0.1, 0.15) is 0 Å². The van der Waals surface area contributed by atoms with Gasteiger partial charge in [0.25, 0.3) is 5.95 Å². The second-order valence-corrected chi connectivity index (χ2v) is 2.30. The van der Waals surface area contributed by atoms with Crippen LogP contribution in [0.2, 0.25) is 5.15 Å². The van der Waals surface area contributed by atoms with Crippen LogP contribution in [-0.4, -0.2) is 9.97 Å². The molecule has 0 spiro atoms. The molecule has 0 saturated heterocycles. The number of nitrogens with zero attached hydrogens (tertiary/aromatic N) is 2. The lowest BCUT2D eigenvalue weighted by atomic mass is 10.5. The lowest BCUT2D eigenvalue weighted by Gasteiger charge is -2.04. The molecule has 0 fully saturated rings. The summed E-state index contributed by atoms with van der Waals surface area (Å²) in [6, 6.07) is 0. The minimum absolute atomic E-state index is 1.19. The summed E-state index contributed by atoms with van der Waals surface area (Å²) in [5, 5.41) is -1.19. The quantitative estimate of drug-likeness (QED) is 0.494. The molecule has 2 nitrogen and oxygen atoms in total. The van der Waals surface area contributed by atoms with Crippen molar-refractivity contribution in [2.24, 2.45) is 0 Å². The van der Waals surface area contributed by atoms with Crippen LogP contribution in [0.3, 0.4) is 0 Å². The lowest BCUT2D eigenvalue weighted by molar-refractivity contribution is -0.145. The first-order valence-electron chi connectivity index (χ1n) is 2.78. The van der Waals surface area contributed by atoms with Gasteiger partial charge in [-0.15, -0.1) is 0 Å². The number of rotatable bonds is 0. The average Bonchev–Trinajstić information content (AvgIpc) is 1.97. The van der Waals surface area contributed by atoms with Gasteiger partial charge in [-0.3, -0.25) is 0 Å². The van der Waals surface area contributed by atoms with Crippen LogP contribution in [0.25, 0.3) is 0 Å². The zero-order chi connectivity index (χ0) is 10.2. The van der Waals surface area contributed by atoms with Gasteiger partial charge in [-0.05, 0) is 0 Å². The summed E-state index contributed by atoms with van der Waals surface area (Å²) < 4.78 is 60.0. The molecule has 8 heteroatoms. The fraction of sp³-hybridized carbons (Fsp3) is 0.200. The van der Waals surface area contributed by atoms with Crippen molar-refractivity contribution in [2.75, 3.05) is 0 Å². The smallest absolute Gasteiger partial charge is 0.209 e. The van der Waals surface area contributed by atoms with Crippen molar-refractivity contribution in [1.29, 1.82) is 0 Å². The summed E-state index contributed by atoms with van der Waals surface area (Å²) in [5.41, 5.74) is 0. The molecule has 0 aromatic carbocycles. The van der Waals surface area contributed by atoms with Gasteiger partial charge < -0.3 is 0 Å². The van der Waals surface area contributed by atoms with Crippen molar-refractivity contribution >= 4 is 11.6 Å². The maximum absolute atomic E-state index is 12.3. The van der Waals surface area contributed by atoms with Crippen LogP contribution in [0.15, 0.2) is 0 Å². The van der Waals surface area contributed by atoms with Gasteiger partial charge in [-0.2, -0.15) is 26.9 Å². The van der Waals surface area contributed by atoms with Crippen LogP contribution < -0.4 is 0 Å². The van der Waals surface area contributed by atoms with E-state index in [1.54, 1.807) is 0 Å². The molecule has 1 aromatic rings. The van der Waals surface area contributed by atoms with Gasteiger partial charge in [0.05, 0.1) is 0 Å². The Morgan fingerprint density at radius 2 is 1.62 bits per heavy atom. The number of alkyl halides is 3. The minimum Gasteiger partial charge on any atom is -0.209 e. The molecule has 0 amide bonds. The fourth-order valence-corrected chi connectivity index (χ4v) is 0.679. The van der Waals surface area contributed by atoms with Crippen LogP contribution >= 0.6 is 11.6 Å². The van der Waals surface area contributed by atoms with Crippen LogP contribution in [0.4, 0.5) is 22.0 Å². The first kappa shape index (κ1) is 10.1. The summed E-state index contributed by atoms with van der Waals surface area (Å²) in [4.78, 5) is 4.76. The average molecular weight is 219 g/mol.